The monoisotopic (exact) mass is 475 g/mol. The number of anilines is 4. The zero-order valence-corrected chi connectivity index (χ0v) is 18.9. The van der Waals surface area contributed by atoms with Gasteiger partial charge in [-0.25, -0.2) is 27.8 Å². The molecule has 0 aliphatic heterocycles. The Morgan fingerprint density at radius 3 is 2.44 bits per heavy atom. The molecule has 34 heavy (non-hydrogen) atoms. The van der Waals surface area contributed by atoms with Crippen LogP contribution in [0.3, 0.4) is 0 Å². The lowest BCUT2D eigenvalue weighted by molar-refractivity contribution is 0.0646. The molecular formula is C23H24F3N5O3. The van der Waals surface area contributed by atoms with Crippen LogP contribution in [0, 0.1) is 17.5 Å². The molecule has 11 heteroatoms. The van der Waals surface area contributed by atoms with Crippen molar-refractivity contribution in [3.8, 4) is 5.75 Å². The summed E-state index contributed by atoms with van der Waals surface area (Å²) in [5.41, 5.74) is -1.47. The third-order valence-electron chi connectivity index (χ3n) is 5.04. The van der Waals surface area contributed by atoms with Crippen LogP contribution in [-0.2, 0) is 0 Å². The van der Waals surface area contributed by atoms with Crippen molar-refractivity contribution < 1.29 is 27.8 Å². The summed E-state index contributed by atoms with van der Waals surface area (Å²) in [4.78, 5) is 22.7. The van der Waals surface area contributed by atoms with Gasteiger partial charge in [0.15, 0.2) is 11.6 Å². The zero-order valence-electron chi connectivity index (χ0n) is 18.9. The first-order chi connectivity index (χ1) is 16.0. The average molecular weight is 475 g/mol. The van der Waals surface area contributed by atoms with Gasteiger partial charge in [-0.05, 0) is 45.0 Å². The second-order valence-corrected chi connectivity index (χ2v) is 7.97. The number of urea groups is 1. The van der Waals surface area contributed by atoms with Gasteiger partial charge in [0.1, 0.15) is 17.4 Å². The second kappa shape index (κ2) is 9.96. The van der Waals surface area contributed by atoms with Gasteiger partial charge in [-0.1, -0.05) is 0 Å². The number of aromatic nitrogens is 2. The number of amides is 2. The summed E-state index contributed by atoms with van der Waals surface area (Å²) < 4.78 is 46.6. The summed E-state index contributed by atoms with van der Waals surface area (Å²) in [5, 5.41) is 15.3. The highest BCUT2D eigenvalue weighted by molar-refractivity contribution is 6.06. The highest BCUT2D eigenvalue weighted by Gasteiger charge is 2.25. The molecule has 1 heterocycles. The molecule has 3 N–H and O–H groups in total. The van der Waals surface area contributed by atoms with Crippen molar-refractivity contribution >= 4 is 29.2 Å². The van der Waals surface area contributed by atoms with Gasteiger partial charge in [0, 0.05) is 24.4 Å². The fourth-order valence-electron chi connectivity index (χ4n) is 2.82. The van der Waals surface area contributed by atoms with Gasteiger partial charge in [0.25, 0.3) is 0 Å². The summed E-state index contributed by atoms with van der Waals surface area (Å²) >= 11 is 0. The SMILES string of the molecule is COc1ccc(N(C(=O)Nc2cc(F)cc(F)c2F)c2ccnc(N[C@@H](C)C(C)(C)O)n2)cc1. The first-order valence-corrected chi connectivity index (χ1v) is 10.2. The Hall–Kier alpha value is -3.86. The number of carbonyl (C=O) groups is 1. The van der Waals surface area contributed by atoms with Gasteiger partial charge in [0.05, 0.1) is 30.1 Å². The number of halogens is 3. The van der Waals surface area contributed by atoms with Crippen LogP contribution < -0.4 is 20.3 Å². The number of nitrogens with one attached hydrogen (secondary N) is 2. The standard InChI is InChI=1S/C23H24F3N5O3/c1-13(23(2,3)33)28-21-27-10-9-19(30-21)31(15-5-7-16(34-4)8-6-15)22(32)29-18-12-14(24)11-17(25)20(18)26/h5-13,33H,1-4H3,(H,29,32)(H,27,28,30)/t13-/m0/s1. The molecule has 0 saturated heterocycles. The number of benzene rings is 2. The van der Waals surface area contributed by atoms with Crippen LogP contribution in [0.5, 0.6) is 5.75 Å². The van der Waals surface area contributed by atoms with Gasteiger partial charge in [-0.3, -0.25) is 0 Å². The van der Waals surface area contributed by atoms with Gasteiger partial charge >= 0.3 is 6.03 Å². The molecule has 0 saturated carbocycles. The van der Waals surface area contributed by atoms with Gasteiger partial charge in [-0.2, -0.15) is 4.98 Å². The Kier molecular flexibility index (Phi) is 7.26. The summed E-state index contributed by atoms with van der Waals surface area (Å²) in [7, 11) is 1.48. The number of carbonyl (C=O) groups excluding carboxylic acids is 1. The number of hydrogen-bond donors (Lipinski definition) is 3. The minimum absolute atomic E-state index is 0.0698. The van der Waals surface area contributed by atoms with E-state index in [1.165, 1.54) is 19.4 Å². The maximum absolute atomic E-state index is 14.2. The Morgan fingerprint density at radius 2 is 1.82 bits per heavy atom. The lowest BCUT2D eigenvalue weighted by Crippen LogP contribution is -2.40. The molecule has 0 bridgehead atoms. The van der Waals surface area contributed by atoms with E-state index in [0.717, 1.165) is 4.90 Å². The highest BCUT2D eigenvalue weighted by atomic mass is 19.2. The summed E-state index contributed by atoms with van der Waals surface area (Å²) in [6, 6.07) is 7.37. The minimum atomic E-state index is -1.44. The third-order valence-corrected chi connectivity index (χ3v) is 5.04. The molecule has 1 atom stereocenters. The largest absolute Gasteiger partial charge is 0.497 e. The molecule has 0 aliphatic rings. The van der Waals surface area contributed by atoms with Crippen molar-refractivity contribution in [2.24, 2.45) is 0 Å². The maximum atomic E-state index is 14.2. The molecule has 8 nitrogen and oxygen atoms in total. The maximum Gasteiger partial charge on any atom is 0.332 e. The Balaban J connectivity index is 2.01. The summed E-state index contributed by atoms with van der Waals surface area (Å²) in [6.45, 7) is 4.95. The van der Waals surface area contributed by atoms with E-state index in [9.17, 15) is 23.1 Å². The van der Waals surface area contributed by atoms with Crippen LogP contribution >= 0.6 is 0 Å². The molecule has 2 aromatic carbocycles. The lowest BCUT2D eigenvalue weighted by Gasteiger charge is -2.27. The van der Waals surface area contributed by atoms with Crippen LogP contribution in [0.2, 0.25) is 0 Å². The number of ether oxygens (including phenoxy) is 1. The topological polar surface area (TPSA) is 99.6 Å². The molecule has 0 unspecified atom stereocenters. The van der Waals surface area contributed by atoms with Crippen molar-refractivity contribution in [3.05, 3.63) is 66.1 Å². The smallest absolute Gasteiger partial charge is 0.332 e. The van der Waals surface area contributed by atoms with E-state index >= 15 is 0 Å². The second-order valence-electron chi connectivity index (χ2n) is 7.97. The quantitative estimate of drug-likeness (QED) is 0.423. The van der Waals surface area contributed by atoms with Crippen molar-refractivity contribution in [2.45, 2.75) is 32.4 Å². The van der Waals surface area contributed by atoms with Crippen molar-refractivity contribution in [1.29, 1.82) is 0 Å². The first-order valence-electron chi connectivity index (χ1n) is 10.2. The summed E-state index contributed by atoms with van der Waals surface area (Å²) in [5.74, 6) is -3.21. The van der Waals surface area contributed by atoms with Crippen LogP contribution in [0.1, 0.15) is 20.8 Å². The number of hydrogen-bond acceptors (Lipinski definition) is 6. The van der Waals surface area contributed by atoms with Crippen LogP contribution in [0.4, 0.5) is 41.1 Å². The molecule has 1 aromatic heterocycles. The van der Waals surface area contributed by atoms with Crippen molar-refractivity contribution in [1.82, 2.24) is 9.97 Å². The van der Waals surface area contributed by atoms with Crippen LogP contribution in [-0.4, -0.2) is 39.9 Å². The van der Waals surface area contributed by atoms with Crippen LogP contribution in [0.25, 0.3) is 0 Å². The van der Waals surface area contributed by atoms with E-state index in [2.05, 4.69) is 20.6 Å². The fourth-order valence-corrected chi connectivity index (χ4v) is 2.82. The molecule has 0 aliphatic carbocycles. The van der Waals surface area contributed by atoms with Crippen molar-refractivity contribution in [2.75, 3.05) is 22.6 Å². The predicted octanol–water partition coefficient (Wildman–Crippen LogP) is 4.84. The molecule has 0 fully saturated rings. The number of rotatable bonds is 7. The molecule has 3 aromatic rings. The number of nitrogens with zero attached hydrogens (tertiary/aromatic N) is 3. The van der Waals surface area contributed by atoms with Crippen LogP contribution in [0.15, 0.2) is 48.7 Å². The van der Waals surface area contributed by atoms with Gasteiger partial charge < -0.3 is 20.5 Å². The Bertz CT molecular complexity index is 1170. The average Bonchev–Trinajstić information content (AvgIpc) is 2.77. The molecular weight excluding hydrogens is 451 g/mol. The van der Waals surface area contributed by atoms with E-state index in [1.54, 1.807) is 45.0 Å². The first kappa shape index (κ1) is 24.8. The summed E-state index contributed by atoms with van der Waals surface area (Å²) in [6.07, 6.45) is 1.38. The Morgan fingerprint density at radius 1 is 1.15 bits per heavy atom. The fraction of sp³-hybridized carbons (Fsp3) is 0.261. The van der Waals surface area contributed by atoms with E-state index in [1.807, 2.05) is 0 Å². The third kappa shape index (κ3) is 5.73. The molecule has 0 radical (unpaired) electrons. The zero-order chi connectivity index (χ0) is 25.0. The molecule has 180 valence electrons. The van der Waals surface area contributed by atoms with E-state index in [-0.39, 0.29) is 11.8 Å². The van der Waals surface area contributed by atoms with E-state index in [0.29, 0.717) is 23.6 Å². The highest BCUT2D eigenvalue weighted by Crippen LogP contribution is 2.29. The van der Waals surface area contributed by atoms with E-state index in [4.69, 9.17) is 4.74 Å². The number of aliphatic hydroxyl groups is 1. The molecule has 0 spiro atoms. The van der Waals surface area contributed by atoms with Gasteiger partial charge in [0.2, 0.25) is 5.95 Å². The molecule has 3 rings (SSSR count). The Labute approximate surface area is 194 Å². The van der Waals surface area contributed by atoms with E-state index < -0.39 is 40.8 Å². The predicted molar refractivity (Wildman–Crippen MR) is 122 cm³/mol. The van der Waals surface area contributed by atoms with Crippen molar-refractivity contribution in [3.63, 3.8) is 0 Å². The minimum Gasteiger partial charge on any atom is -0.497 e. The van der Waals surface area contributed by atoms with Gasteiger partial charge in [-0.15, -0.1) is 0 Å². The normalized spacial score (nSPS) is 12.1. The lowest BCUT2D eigenvalue weighted by atomic mass is 10.0. The number of methoxy groups -OCH3 is 1. The molecule has 2 amide bonds.